The molecule has 0 saturated carbocycles. The highest BCUT2D eigenvalue weighted by molar-refractivity contribution is 7.89. The maximum absolute atomic E-state index is 12.5. The van der Waals surface area contributed by atoms with Crippen molar-refractivity contribution in [2.24, 2.45) is 0 Å². The van der Waals surface area contributed by atoms with Crippen LogP contribution in [-0.4, -0.2) is 30.7 Å². The smallest absolute Gasteiger partial charge is 0.273 e. The van der Waals surface area contributed by atoms with Gasteiger partial charge in [0.15, 0.2) is 0 Å². The summed E-state index contributed by atoms with van der Waals surface area (Å²) in [5.74, 6) is -0.422. The third-order valence-electron chi connectivity index (χ3n) is 4.70. The highest BCUT2D eigenvalue weighted by atomic mass is 32.2. The average molecular weight is 445 g/mol. The van der Waals surface area contributed by atoms with Gasteiger partial charge in [-0.15, -0.1) is 0 Å². The first-order chi connectivity index (χ1) is 14.8. The first-order valence-electron chi connectivity index (χ1n) is 9.93. The molecule has 0 unspecified atom stereocenters. The maximum atomic E-state index is 12.5. The Bertz CT molecular complexity index is 1310. The largest absolute Gasteiger partial charge is 0.326 e. The Balaban J connectivity index is 1.68. The molecule has 0 spiro atoms. The number of nitrogens with one attached hydrogen (secondary N) is 3. The van der Waals surface area contributed by atoms with Crippen molar-refractivity contribution in [3.8, 4) is 0 Å². The molecule has 31 heavy (non-hydrogen) atoms. The topological polar surface area (TPSA) is 130 Å². The fraction of sp³-hybridized carbons (Fsp3) is 0.286. The molecule has 0 radical (unpaired) electrons. The van der Waals surface area contributed by atoms with Gasteiger partial charge >= 0.3 is 0 Å². The number of carbonyl (C=O) groups excluding carboxylic acids is 1. The molecular formula is C21H24N4O5S. The quantitative estimate of drug-likeness (QED) is 0.433. The number of aromatic amines is 1. The summed E-state index contributed by atoms with van der Waals surface area (Å²) in [4.78, 5) is 37.0. The molecule has 9 nitrogen and oxygen atoms in total. The van der Waals surface area contributed by atoms with E-state index in [1.165, 1.54) is 18.2 Å². The number of anilines is 1. The number of sulfonamides is 1. The summed E-state index contributed by atoms with van der Waals surface area (Å²) in [5, 5.41) is 5.67. The minimum atomic E-state index is -3.66. The van der Waals surface area contributed by atoms with Gasteiger partial charge in [-0.1, -0.05) is 31.5 Å². The molecule has 1 heterocycles. The molecule has 0 aliphatic carbocycles. The molecule has 0 atom stereocenters. The summed E-state index contributed by atoms with van der Waals surface area (Å²) in [5.41, 5.74) is -0.485. The van der Waals surface area contributed by atoms with E-state index in [1.807, 2.05) is 6.92 Å². The van der Waals surface area contributed by atoms with Crippen LogP contribution in [0.2, 0.25) is 0 Å². The van der Waals surface area contributed by atoms with Crippen LogP contribution in [-0.2, 0) is 21.4 Å². The van der Waals surface area contributed by atoms with Crippen LogP contribution in [0.15, 0.2) is 63.0 Å². The van der Waals surface area contributed by atoms with E-state index < -0.39 is 27.0 Å². The standard InChI is InChI=1S/C21H24N4O5S/c1-2-3-12-22-31(29,30)16-8-6-7-15(14-16)23-19(26)11-13-25-21(28)18-10-5-4-9-17(18)20(27)24-25/h4-10,14,22H,2-3,11-13H2,1H3,(H,23,26)(H,24,27). The molecule has 0 aliphatic heterocycles. The van der Waals surface area contributed by atoms with Gasteiger partial charge in [0.05, 0.1) is 22.2 Å². The van der Waals surface area contributed by atoms with E-state index >= 15 is 0 Å². The molecule has 3 N–H and O–H groups in total. The fourth-order valence-electron chi connectivity index (χ4n) is 3.05. The summed E-state index contributed by atoms with van der Waals surface area (Å²) in [6.07, 6.45) is 1.51. The zero-order chi connectivity index (χ0) is 22.4. The Hall–Kier alpha value is -3.24. The van der Waals surface area contributed by atoms with Gasteiger partial charge in [0, 0.05) is 18.7 Å². The number of H-pyrrole nitrogens is 1. The number of hydrogen-bond acceptors (Lipinski definition) is 5. The number of carbonyl (C=O) groups is 1. The Kier molecular flexibility index (Phi) is 7.03. The van der Waals surface area contributed by atoms with Gasteiger partial charge in [0.2, 0.25) is 15.9 Å². The van der Waals surface area contributed by atoms with Crippen molar-refractivity contribution in [1.82, 2.24) is 14.5 Å². The molecule has 0 saturated heterocycles. The zero-order valence-electron chi connectivity index (χ0n) is 17.1. The Morgan fingerprint density at radius 3 is 2.55 bits per heavy atom. The highest BCUT2D eigenvalue weighted by Crippen LogP contribution is 2.16. The minimum Gasteiger partial charge on any atom is -0.326 e. The predicted octanol–water partition coefficient (Wildman–Crippen LogP) is 1.80. The van der Waals surface area contributed by atoms with Gasteiger partial charge in [-0.25, -0.2) is 17.8 Å². The molecular weight excluding hydrogens is 420 g/mol. The summed E-state index contributed by atoms with van der Waals surface area (Å²) < 4.78 is 28.3. The predicted molar refractivity (Wildman–Crippen MR) is 119 cm³/mol. The zero-order valence-corrected chi connectivity index (χ0v) is 17.9. The minimum absolute atomic E-state index is 0.0265. The summed E-state index contributed by atoms with van der Waals surface area (Å²) in [6, 6.07) is 12.4. The molecule has 3 rings (SSSR count). The second-order valence-corrected chi connectivity index (χ2v) is 8.79. The summed E-state index contributed by atoms with van der Waals surface area (Å²) in [6.45, 7) is 2.28. The van der Waals surface area contributed by atoms with E-state index in [9.17, 15) is 22.8 Å². The van der Waals surface area contributed by atoms with E-state index in [1.54, 1.807) is 30.3 Å². The number of fused-ring (bicyclic) bond motifs is 1. The molecule has 1 aromatic heterocycles. The van der Waals surface area contributed by atoms with Crippen LogP contribution in [0.5, 0.6) is 0 Å². The van der Waals surface area contributed by atoms with Crippen molar-refractivity contribution in [3.63, 3.8) is 0 Å². The first-order valence-corrected chi connectivity index (χ1v) is 11.4. The number of aromatic nitrogens is 2. The molecule has 0 fully saturated rings. The molecule has 0 aliphatic rings. The van der Waals surface area contributed by atoms with Crippen LogP contribution in [0, 0.1) is 0 Å². The molecule has 3 aromatic rings. The van der Waals surface area contributed by atoms with E-state index in [4.69, 9.17) is 0 Å². The van der Waals surface area contributed by atoms with Gasteiger partial charge in [-0.3, -0.25) is 19.5 Å². The van der Waals surface area contributed by atoms with Crippen molar-refractivity contribution < 1.29 is 13.2 Å². The third-order valence-corrected chi connectivity index (χ3v) is 6.16. The number of unbranched alkanes of at least 4 members (excludes halogenated alkanes) is 1. The van der Waals surface area contributed by atoms with E-state index in [0.29, 0.717) is 17.6 Å². The fourth-order valence-corrected chi connectivity index (χ4v) is 4.17. The normalized spacial score (nSPS) is 11.5. The van der Waals surface area contributed by atoms with Gasteiger partial charge in [-0.05, 0) is 36.8 Å². The van der Waals surface area contributed by atoms with Crippen LogP contribution in [0.25, 0.3) is 10.8 Å². The van der Waals surface area contributed by atoms with E-state index in [0.717, 1.165) is 17.5 Å². The maximum Gasteiger partial charge on any atom is 0.273 e. The second kappa shape index (κ2) is 9.71. The number of hydrogen-bond donors (Lipinski definition) is 3. The Morgan fingerprint density at radius 1 is 1.06 bits per heavy atom. The lowest BCUT2D eigenvalue weighted by atomic mass is 10.2. The van der Waals surface area contributed by atoms with Gasteiger partial charge < -0.3 is 5.32 Å². The number of amides is 1. The molecule has 0 bridgehead atoms. The van der Waals surface area contributed by atoms with Crippen molar-refractivity contribution >= 4 is 32.4 Å². The number of nitrogens with zero attached hydrogens (tertiary/aromatic N) is 1. The summed E-state index contributed by atoms with van der Waals surface area (Å²) >= 11 is 0. The molecule has 2 aromatic carbocycles. The van der Waals surface area contributed by atoms with Gasteiger partial charge in [0.25, 0.3) is 11.1 Å². The van der Waals surface area contributed by atoms with Crippen molar-refractivity contribution in [2.45, 2.75) is 37.6 Å². The lowest BCUT2D eigenvalue weighted by molar-refractivity contribution is -0.116. The molecule has 1 amide bonds. The number of aryl methyl sites for hydroxylation is 1. The molecule has 10 heteroatoms. The number of rotatable bonds is 9. The van der Waals surface area contributed by atoms with Crippen LogP contribution < -0.4 is 21.2 Å². The lowest BCUT2D eigenvalue weighted by Gasteiger charge is -2.10. The van der Waals surface area contributed by atoms with E-state index in [-0.39, 0.29) is 23.2 Å². The SMILES string of the molecule is CCCCNS(=O)(=O)c1cccc(NC(=O)CCn2[nH]c(=O)c3ccccc3c2=O)c1. The Morgan fingerprint density at radius 2 is 1.81 bits per heavy atom. The average Bonchev–Trinajstić information content (AvgIpc) is 2.75. The van der Waals surface area contributed by atoms with Gasteiger partial charge in [-0.2, -0.15) is 0 Å². The monoisotopic (exact) mass is 444 g/mol. The number of benzene rings is 2. The van der Waals surface area contributed by atoms with E-state index in [2.05, 4.69) is 15.1 Å². The summed E-state index contributed by atoms with van der Waals surface area (Å²) in [7, 11) is -3.66. The molecule has 164 valence electrons. The van der Waals surface area contributed by atoms with Crippen LogP contribution in [0.3, 0.4) is 0 Å². The van der Waals surface area contributed by atoms with Crippen LogP contribution in [0.4, 0.5) is 5.69 Å². The lowest BCUT2D eigenvalue weighted by Crippen LogP contribution is -2.31. The van der Waals surface area contributed by atoms with Crippen molar-refractivity contribution in [1.29, 1.82) is 0 Å². The Labute approximate surface area is 179 Å². The third kappa shape index (κ3) is 5.47. The second-order valence-electron chi connectivity index (χ2n) is 7.02. The van der Waals surface area contributed by atoms with Crippen LogP contribution in [0.1, 0.15) is 26.2 Å². The van der Waals surface area contributed by atoms with Crippen LogP contribution >= 0.6 is 0 Å². The first kappa shape index (κ1) is 22.4. The van der Waals surface area contributed by atoms with Gasteiger partial charge in [0.1, 0.15) is 0 Å². The highest BCUT2D eigenvalue weighted by Gasteiger charge is 2.14. The van der Waals surface area contributed by atoms with Crippen molar-refractivity contribution in [2.75, 3.05) is 11.9 Å². The van der Waals surface area contributed by atoms with Crippen molar-refractivity contribution in [3.05, 3.63) is 69.2 Å².